The molecule has 0 radical (unpaired) electrons. The van der Waals surface area contributed by atoms with Gasteiger partial charge in [-0.2, -0.15) is 0 Å². The van der Waals surface area contributed by atoms with Crippen LogP contribution in [0.5, 0.6) is 5.75 Å². The van der Waals surface area contributed by atoms with Crippen LogP contribution < -0.4 is 10.1 Å². The molecule has 0 bridgehead atoms. The fraction of sp³-hybridized carbons (Fsp3) is 0.529. The molecule has 0 saturated carbocycles. The highest BCUT2D eigenvalue weighted by molar-refractivity contribution is 6.32. The SMILES string of the molecule is COCCCNCCOCCOc1c(C)cccc1Cl.O=C(O)C(=O)O. The third-order valence-corrected chi connectivity index (χ3v) is 3.24. The number of halogens is 1. The molecular weight excluding hydrogens is 366 g/mol. The first-order valence-corrected chi connectivity index (χ1v) is 8.39. The van der Waals surface area contributed by atoms with Crippen LogP contribution in [-0.2, 0) is 19.1 Å². The van der Waals surface area contributed by atoms with Crippen molar-refractivity contribution in [3.8, 4) is 5.75 Å². The fourth-order valence-electron chi connectivity index (χ4n) is 1.72. The van der Waals surface area contributed by atoms with Crippen LogP contribution in [0, 0.1) is 6.92 Å². The number of carbonyl (C=O) groups is 2. The molecule has 0 unspecified atom stereocenters. The Kier molecular flexibility index (Phi) is 14.3. The highest BCUT2D eigenvalue weighted by atomic mass is 35.5. The number of aliphatic carboxylic acids is 2. The maximum absolute atomic E-state index is 9.10. The number of hydrogen-bond acceptors (Lipinski definition) is 6. The van der Waals surface area contributed by atoms with Crippen molar-refractivity contribution in [2.45, 2.75) is 13.3 Å². The lowest BCUT2D eigenvalue weighted by molar-refractivity contribution is -0.159. The van der Waals surface area contributed by atoms with Crippen LogP contribution in [0.25, 0.3) is 0 Å². The Hall–Kier alpha value is -1.87. The average Bonchev–Trinajstić information content (AvgIpc) is 2.59. The van der Waals surface area contributed by atoms with Gasteiger partial charge in [0.05, 0.1) is 18.2 Å². The fourth-order valence-corrected chi connectivity index (χ4v) is 1.99. The molecule has 0 atom stereocenters. The summed E-state index contributed by atoms with van der Waals surface area (Å²) in [5, 5.41) is 18.7. The predicted molar refractivity (Wildman–Crippen MR) is 97.1 cm³/mol. The van der Waals surface area contributed by atoms with E-state index < -0.39 is 11.9 Å². The lowest BCUT2D eigenvalue weighted by atomic mass is 10.2. The molecule has 0 fully saturated rings. The van der Waals surface area contributed by atoms with Gasteiger partial charge in [-0.3, -0.25) is 0 Å². The molecule has 1 aromatic carbocycles. The van der Waals surface area contributed by atoms with Crippen molar-refractivity contribution in [2.24, 2.45) is 0 Å². The molecule has 0 aliphatic heterocycles. The molecule has 26 heavy (non-hydrogen) atoms. The van der Waals surface area contributed by atoms with Crippen LogP contribution in [0.1, 0.15) is 12.0 Å². The van der Waals surface area contributed by atoms with E-state index in [9.17, 15) is 0 Å². The van der Waals surface area contributed by atoms with Gasteiger partial charge in [0, 0.05) is 20.3 Å². The van der Waals surface area contributed by atoms with Crippen LogP contribution >= 0.6 is 11.6 Å². The van der Waals surface area contributed by atoms with E-state index in [0.717, 1.165) is 37.4 Å². The van der Waals surface area contributed by atoms with Gasteiger partial charge in [0.1, 0.15) is 12.4 Å². The Morgan fingerprint density at radius 3 is 2.35 bits per heavy atom. The highest BCUT2D eigenvalue weighted by Gasteiger charge is 2.04. The Morgan fingerprint density at radius 2 is 1.77 bits per heavy atom. The summed E-state index contributed by atoms with van der Waals surface area (Å²) < 4.78 is 16.1. The molecule has 0 aromatic heterocycles. The lowest BCUT2D eigenvalue weighted by Gasteiger charge is -2.11. The smallest absolute Gasteiger partial charge is 0.414 e. The van der Waals surface area contributed by atoms with Crippen molar-refractivity contribution in [1.82, 2.24) is 5.32 Å². The number of carboxylic acid groups (broad SMARTS) is 2. The summed E-state index contributed by atoms with van der Waals surface area (Å²) in [5.74, 6) is -2.90. The summed E-state index contributed by atoms with van der Waals surface area (Å²) in [4.78, 5) is 18.2. The van der Waals surface area contributed by atoms with Gasteiger partial charge in [0.2, 0.25) is 0 Å². The number of ether oxygens (including phenoxy) is 3. The quantitative estimate of drug-likeness (QED) is 0.386. The maximum Gasteiger partial charge on any atom is 0.414 e. The molecule has 0 saturated heterocycles. The Bertz CT molecular complexity index is 508. The zero-order chi connectivity index (χ0) is 19.8. The zero-order valence-corrected chi connectivity index (χ0v) is 15.8. The second-order valence-electron chi connectivity index (χ2n) is 5.05. The van der Waals surface area contributed by atoms with E-state index in [0.29, 0.717) is 24.8 Å². The first kappa shape index (κ1) is 24.1. The van der Waals surface area contributed by atoms with Gasteiger partial charge in [0.15, 0.2) is 0 Å². The number of para-hydroxylation sites is 1. The van der Waals surface area contributed by atoms with E-state index in [4.69, 9.17) is 45.6 Å². The number of hydrogen-bond donors (Lipinski definition) is 3. The topological polar surface area (TPSA) is 114 Å². The molecule has 0 aliphatic rings. The standard InChI is InChI=1S/C15H24ClNO3.C2H2O4/c1-13-5-3-6-14(16)15(13)20-12-11-19-10-8-17-7-4-9-18-2;3-1(4)2(5)6/h3,5-6,17H,4,7-12H2,1-2H3;(H,3,4)(H,5,6). The van der Waals surface area contributed by atoms with Gasteiger partial charge < -0.3 is 29.7 Å². The number of carboxylic acids is 2. The number of rotatable bonds is 11. The third kappa shape index (κ3) is 12.5. The average molecular weight is 392 g/mol. The largest absolute Gasteiger partial charge is 0.489 e. The molecule has 0 amide bonds. The summed E-state index contributed by atoms with van der Waals surface area (Å²) in [7, 11) is 1.71. The first-order chi connectivity index (χ1) is 12.4. The maximum atomic E-state index is 9.10. The number of benzene rings is 1. The molecular formula is C17H26ClNO7. The minimum Gasteiger partial charge on any atom is -0.489 e. The number of nitrogens with one attached hydrogen (secondary N) is 1. The van der Waals surface area contributed by atoms with Crippen LogP contribution in [0.15, 0.2) is 18.2 Å². The van der Waals surface area contributed by atoms with Gasteiger partial charge in [-0.25, -0.2) is 9.59 Å². The van der Waals surface area contributed by atoms with E-state index >= 15 is 0 Å². The summed E-state index contributed by atoms with van der Waals surface area (Å²) in [6.45, 7) is 6.31. The molecule has 0 heterocycles. The van der Waals surface area contributed by atoms with Gasteiger partial charge in [-0.1, -0.05) is 23.7 Å². The number of aryl methyl sites for hydroxylation is 1. The van der Waals surface area contributed by atoms with Crippen molar-refractivity contribution in [1.29, 1.82) is 0 Å². The third-order valence-electron chi connectivity index (χ3n) is 2.95. The van der Waals surface area contributed by atoms with Gasteiger partial charge in [-0.05, 0) is 31.5 Å². The predicted octanol–water partition coefficient (Wildman–Crippen LogP) is 1.83. The molecule has 148 valence electrons. The minimum absolute atomic E-state index is 0.508. The zero-order valence-electron chi connectivity index (χ0n) is 15.0. The lowest BCUT2D eigenvalue weighted by Crippen LogP contribution is -2.22. The van der Waals surface area contributed by atoms with Crippen molar-refractivity contribution in [2.75, 3.05) is 46.6 Å². The van der Waals surface area contributed by atoms with Crippen molar-refractivity contribution in [3.63, 3.8) is 0 Å². The molecule has 0 aliphatic carbocycles. The van der Waals surface area contributed by atoms with Crippen LogP contribution in [0.4, 0.5) is 0 Å². The second kappa shape index (κ2) is 15.4. The highest BCUT2D eigenvalue weighted by Crippen LogP contribution is 2.27. The van der Waals surface area contributed by atoms with E-state index in [1.54, 1.807) is 7.11 Å². The van der Waals surface area contributed by atoms with Gasteiger partial charge >= 0.3 is 11.9 Å². The molecule has 8 nitrogen and oxygen atoms in total. The van der Waals surface area contributed by atoms with Crippen LogP contribution in [-0.4, -0.2) is 68.8 Å². The molecule has 3 N–H and O–H groups in total. The Labute approximate surface area is 158 Å². The normalized spacial score (nSPS) is 9.96. The molecule has 9 heteroatoms. The Balaban J connectivity index is 0.000000896. The second-order valence-corrected chi connectivity index (χ2v) is 5.46. The van der Waals surface area contributed by atoms with E-state index in [1.807, 2.05) is 25.1 Å². The van der Waals surface area contributed by atoms with Crippen molar-refractivity contribution >= 4 is 23.5 Å². The van der Waals surface area contributed by atoms with Crippen LogP contribution in [0.2, 0.25) is 5.02 Å². The van der Waals surface area contributed by atoms with E-state index in [-0.39, 0.29) is 0 Å². The molecule has 1 aromatic rings. The van der Waals surface area contributed by atoms with E-state index in [2.05, 4.69) is 5.32 Å². The summed E-state index contributed by atoms with van der Waals surface area (Å²) in [6.07, 6.45) is 1.02. The minimum atomic E-state index is -1.82. The first-order valence-electron chi connectivity index (χ1n) is 8.01. The van der Waals surface area contributed by atoms with E-state index in [1.165, 1.54) is 0 Å². The monoisotopic (exact) mass is 391 g/mol. The molecule has 0 spiro atoms. The van der Waals surface area contributed by atoms with Crippen molar-refractivity contribution < 1.29 is 34.0 Å². The number of methoxy groups -OCH3 is 1. The van der Waals surface area contributed by atoms with Gasteiger partial charge in [0.25, 0.3) is 0 Å². The summed E-state index contributed by atoms with van der Waals surface area (Å²) in [6, 6.07) is 5.72. The Morgan fingerprint density at radius 1 is 1.08 bits per heavy atom. The van der Waals surface area contributed by atoms with Crippen molar-refractivity contribution in [3.05, 3.63) is 28.8 Å². The van der Waals surface area contributed by atoms with Gasteiger partial charge in [-0.15, -0.1) is 0 Å². The molecule has 1 rings (SSSR count). The van der Waals surface area contributed by atoms with Crippen LogP contribution in [0.3, 0.4) is 0 Å². The summed E-state index contributed by atoms with van der Waals surface area (Å²) >= 11 is 6.07. The summed E-state index contributed by atoms with van der Waals surface area (Å²) in [5.41, 5.74) is 1.04.